The van der Waals surface area contributed by atoms with Gasteiger partial charge in [-0.25, -0.2) is 4.98 Å². The van der Waals surface area contributed by atoms with Gasteiger partial charge in [0.2, 0.25) is 0 Å². The van der Waals surface area contributed by atoms with E-state index in [-0.39, 0.29) is 27.2 Å². The summed E-state index contributed by atoms with van der Waals surface area (Å²) in [5.41, 5.74) is 0.569. The zero-order valence-electron chi connectivity index (χ0n) is 14.5. The number of rotatable bonds is 2. The first-order valence-corrected chi connectivity index (χ1v) is 8.68. The molecule has 25 heavy (non-hydrogen) atoms. The highest BCUT2D eigenvalue weighted by atomic mass is 32.1. The van der Waals surface area contributed by atoms with Crippen molar-refractivity contribution in [2.45, 2.75) is 33.1 Å². The molecule has 3 heterocycles. The molecule has 3 aromatic heterocycles. The van der Waals surface area contributed by atoms with E-state index >= 15 is 0 Å². The van der Waals surface area contributed by atoms with E-state index in [1.807, 2.05) is 39.1 Å². The van der Waals surface area contributed by atoms with Gasteiger partial charge in [-0.2, -0.15) is 0 Å². The van der Waals surface area contributed by atoms with Gasteiger partial charge >= 0.3 is 0 Å². The highest BCUT2D eigenvalue weighted by molar-refractivity contribution is 7.11. The normalized spacial score (nSPS) is 13.6. The summed E-state index contributed by atoms with van der Waals surface area (Å²) in [5.74, 6) is 0.651. The van der Waals surface area contributed by atoms with Gasteiger partial charge in [-0.3, -0.25) is 9.59 Å². The second-order valence-corrected chi connectivity index (χ2v) is 7.76. The van der Waals surface area contributed by atoms with E-state index in [1.165, 1.54) is 23.8 Å². The zero-order chi connectivity index (χ0) is 18.2. The minimum atomic E-state index is -0.386. The predicted molar refractivity (Wildman–Crippen MR) is 98.3 cm³/mol. The van der Waals surface area contributed by atoms with Gasteiger partial charge in [-0.05, 0) is 36.1 Å². The van der Waals surface area contributed by atoms with Crippen molar-refractivity contribution in [1.29, 1.82) is 0 Å². The first-order valence-electron chi connectivity index (χ1n) is 7.80. The summed E-state index contributed by atoms with van der Waals surface area (Å²) in [6.07, 6.45) is 4.55. The molecule has 0 atom stereocenters. The second-order valence-electron chi connectivity index (χ2n) is 6.81. The third-order valence-electron chi connectivity index (χ3n) is 3.72. The maximum absolute atomic E-state index is 12.4. The third kappa shape index (κ3) is 3.56. The summed E-state index contributed by atoms with van der Waals surface area (Å²) in [4.78, 5) is 35.0. The van der Waals surface area contributed by atoms with Crippen LogP contribution in [-0.2, 0) is 5.41 Å². The number of hydrogen-bond donors (Lipinski definition) is 2. The van der Waals surface area contributed by atoms with Crippen LogP contribution in [0.2, 0.25) is 0 Å². The standard InChI is InChI=1S/C18H19N3O3S/c1-10-5-6-25-14(10)8-13-17(23)20-12(16(22)21-13)7-11-15(18(2,3)4)24-9-19-11/h5-9H,1-4H3,(H,20,23)(H,21,22)/b12-7-,13-8-. The Balaban J connectivity index is 2.16. The number of thiophene rings is 1. The molecule has 0 unspecified atom stereocenters. The Morgan fingerprint density at radius 2 is 1.76 bits per heavy atom. The van der Waals surface area contributed by atoms with Gasteiger partial charge in [0.05, 0.1) is 0 Å². The Kier molecular flexibility index (Phi) is 4.34. The molecule has 3 aromatic rings. The Morgan fingerprint density at radius 1 is 1.12 bits per heavy atom. The van der Waals surface area contributed by atoms with Gasteiger partial charge in [-0.15, -0.1) is 11.3 Å². The smallest absolute Gasteiger partial charge is 0.272 e. The van der Waals surface area contributed by atoms with Gasteiger partial charge in [0.15, 0.2) is 6.39 Å². The third-order valence-corrected chi connectivity index (χ3v) is 4.69. The highest BCUT2D eigenvalue weighted by Gasteiger charge is 2.21. The average Bonchev–Trinajstić information content (AvgIpc) is 3.13. The van der Waals surface area contributed by atoms with Gasteiger partial charge in [0, 0.05) is 10.3 Å². The van der Waals surface area contributed by atoms with Gasteiger partial charge in [0.25, 0.3) is 11.1 Å². The molecule has 0 aromatic carbocycles. The van der Waals surface area contributed by atoms with E-state index < -0.39 is 0 Å². The summed E-state index contributed by atoms with van der Waals surface area (Å²) in [6, 6.07) is 1.96. The van der Waals surface area contributed by atoms with Crippen LogP contribution in [0.4, 0.5) is 0 Å². The van der Waals surface area contributed by atoms with Crippen LogP contribution < -0.4 is 21.8 Å². The van der Waals surface area contributed by atoms with E-state index in [9.17, 15) is 9.59 Å². The number of hydrogen-bond acceptors (Lipinski definition) is 5. The van der Waals surface area contributed by atoms with E-state index in [2.05, 4.69) is 15.0 Å². The number of nitrogens with one attached hydrogen (secondary N) is 2. The summed E-state index contributed by atoms with van der Waals surface area (Å²) >= 11 is 1.51. The maximum Gasteiger partial charge on any atom is 0.272 e. The van der Waals surface area contributed by atoms with Crippen molar-refractivity contribution < 1.29 is 4.42 Å². The fraction of sp³-hybridized carbons (Fsp3) is 0.278. The lowest BCUT2D eigenvalue weighted by atomic mass is 9.92. The number of aromatic nitrogens is 3. The molecule has 0 saturated carbocycles. The molecular weight excluding hydrogens is 338 g/mol. The lowest BCUT2D eigenvalue weighted by Gasteiger charge is -2.14. The first-order chi connectivity index (χ1) is 11.8. The van der Waals surface area contributed by atoms with E-state index in [0.717, 1.165) is 10.4 Å². The molecule has 0 aliphatic carbocycles. The summed E-state index contributed by atoms with van der Waals surface area (Å²) in [5, 5.41) is 2.31. The van der Waals surface area contributed by atoms with Crippen molar-refractivity contribution in [3.8, 4) is 0 Å². The Morgan fingerprint density at radius 3 is 2.32 bits per heavy atom. The van der Waals surface area contributed by atoms with Crippen LogP contribution in [0.3, 0.4) is 0 Å². The number of aromatic amines is 2. The molecule has 0 saturated heterocycles. The van der Waals surface area contributed by atoms with Crippen molar-refractivity contribution in [3.05, 3.63) is 71.1 Å². The van der Waals surface area contributed by atoms with Gasteiger partial charge < -0.3 is 14.4 Å². The van der Waals surface area contributed by atoms with Crippen LogP contribution in [0.1, 0.15) is 42.7 Å². The van der Waals surface area contributed by atoms with E-state index in [0.29, 0.717) is 11.5 Å². The molecular formula is C18H19N3O3S. The molecule has 130 valence electrons. The molecule has 0 fully saturated rings. The number of oxazole rings is 1. The topological polar surface area (TPSA) is 91.8 Å². The van der Waals surface area contributed by atoms with Crippen LogP contribution in [0.5, 0.6) is 0 Å². The molecule has 0 amide bonds. The van der Waals surface area contributed by atoms with Crippen LogP contribution >= 0.6 is 11.3 Å². The lowest BCUT2D eigenvalue weighted by molar-refractivity contribution is 0.407. The van der Waals surface area contributed by atoms with Crippen molar-refractivity contribution >= 4 is 23.5 Å². The number of aryl methyl sites for hydroxylation is 1. The Labute approximate surface area is 147 Å². The molecule has 0 bridgehead atoms. The molecule has 6 nitrogen and oxygen atoms in total. The summed E-state index contributed by atoms with van der Waals surface area (Å²) in [6.45, 7) is 7.91. The SMILES string of the molecule is Cc1ccsc1/C=c1\[nH]c(=O)/c(=C/c2ncoc2C(C)(C)C)[nH]c1=O. The average molecular weight is 357 g/mol. The van der Waals surface area contributed by atoms with E-state index in [1.54, 1.807) is 6.08 Å². The van der Waals surface area contributed by atoms with Crippen LogP contribution in [0.25, 0.3) is 12.2 Å². The van der Waals surface area contributed by atoms with Crippen LogP contribution in [-0.4, -0.2) is 15.0 Å². The fourth-order valence-corrected chi connectivity index (χ4v) is 3.27. The fourth-order valence-electron chi connectivity index (χ4n) is 2.41. The quantitative estimate of drug-likeness (QED) is 0.725. The second kappa shape index (κ2) is 6.33. The minimum absolute atomic E-state index is 0.143. The minimum Gasteiger partial charge on any atom is -0.447 e. The first kappa shape index (κ1) is 17.2. The lowest BCUT2D eigenvalue weighted by Crippen LogP contribution is -2.46. The van der Waals surface area contributed by atoms with Crippen LogP contribution in [0.15, 0.2) is 31.8 Å². The van der Waals surface area contributed by atoms with Gasteiger partial charge in [-0.1, -0.05) is 20.8 Å². The summed E-state index contributed by atoms with van der Waals surface area (Å²) < 4.78 is 5.43. The van der Waals surface area contributed by atoms with Crippen molar-refractivity contribution in [1.82, 2.24) is 15.0 Å². The maximum atomic E-state index is 12.4. The van der Waals surface area contributed by atoms with Crippen molar-refractivity contribution in [3.63, 3.8) is 0 Å². The molecule has 0 aliphatic rings. The van der Waals surface area contributed by atoms with Gasteiger partial charge in [0.1, 0.15) is 22.2 Å². The number of H-pyrrole nitrogens is 2. The zero-order valence-corrected chi connectivity index (χ0v) is 15.3. The highest BCUT2D eigenvalue weighted by Crippen LogP contribution is 2.25. The van der Waals surface area contributed by atoms with Crippen LogP contribution in [0, 0.1) is 6.92 Å². The monoisotopic (exact) mass is 357 g/mol. The number of nitrogens with zero attached hydrogens (tertiary/aromatic N) is 1. The molecule has 0 radical (unpaired) electrons. The largest absolute Gasteiger partial charge is 0.447 e. The molecule has 0 spiro atoms. The van der Waals surface area contributed by atoms with Crippen molar-refractivity contribution in [2.75, 3.05) is 0 Å². The molecule has 2 N–H and O–H groups in total. The molecule has 7 heteroatoms. The summed E-state index contributed by atoms with van der Waals surface area (Å²) in [7, 11) is 0. The molecule has 0 aliphatic heterocycles. The van der Waals surface area contributed by atoms with Crippen molar-refractivity contribution in [2.24, 2.45) is 0 Å². The van der Waals surface area contributed by atoms with E-state index in [4.69, 9.17) is 4.42 Å². The molecule has 3 rings (SSSR count). The predicted octanol–water partition coefficient (Wildman–Crippen LogP) is 1.38. The Bertz CT molecular complexity index is 1140. The Hall–Kier alpha value is -2.67.